The second kappa shape index (κ2) is 4.71. The number of aromatic nitrogens is 3. The van der Waals surface area contributed by atoms with Gasteiger partial charge in [-0.1, -0.05) is 0 Å². The normalized spacial score (nSPS) is 23.6. The maximum atomic E-state index is 12.7. The molecule has 1 fully saturated rings. The fourth-order valence-corrected chi connectivity index (χ4v) is 2.36. The quantitative estimate of drug-likeness (QED) is 0.916. The SMILES string of the molecule is NCC1CCC(c2nnc3ccc(C(F)(F)F)cn23)O1. The van der Waals surface area contributed by atoms with Crippen LogP contribution in [0.1, 0.15) is 30.3 Å². The van der Waals surface area contributed by atoms with Crippen LogP contribution in [0.2, 0.25) is 0 Å². The molecule has 8 heteroatoms. The molecule has 2 aromatic heterocycles. The van der Waals surface area contributed by atoms with Crippen molar-refractivity contribution in [1.29, 1.82) is 0 Å². The third-order valence-electron chi connectivity index (χ3n) is 3.41. The molecule has 2 aromatic rings. The predicted molar refractivity (Wildman–Crippen MR) is 63.9 cm³/mol. The van der Waals surface area contributed by atoms with Gasteiger partial charge in [0.1, 0.15) is 6.10 Å². The third-order valence-corrected chi connectivity index (χ3v) is 3.41. The van der Waals surface area contributed by atoms with E-state index in [1.54, 1.807) is 0 Å². The van der Waals surface area contributed by atoms with Crippen LogP contribution in [0.4, 0.5) is 13.2 Å². The number of nitrogens with two attached hydrogens (primary N) is 1. The average molecular weight is 286 g/mol. The van der Waals surface area contributed by atoms with Crippen LogP contribution in [-0.2, 0) is 10.9 Å². The van der Waals surface area contributed by atoms with E-state index in [0.717, 1.165) is 18.7 Å². The minimum Gasteiger partial charge on any atom is -0.366 e. The Kier molecular flexibility index (Phi) is 3.14. The first-order chi connectivity index (χ1) is 9.49. The summed E-state index contributed by atoms with van der Waals surface area (Å²) in [5.74, 6) is 0.391. The van der Waals surface area contributed by atoms with Crippen LogP contribution in [0.25, 0.3) is 5.65 Å². The number of alkyl halides is 3. The second-order valence-electron chi connectivity index (χ2n) is 4.76. The largest absolute Gasteiger partial charge is 0.417 e. The van der Waals surface area contributed by atoms with Gasteiger partial charge in [-0.2, -0.15) is 13.2 Å². The van der Waals surface area contributed by atoms with E-state index < -0.39 is 11.7 Å². The maximum Gasteiger partial charge on any atom is 0.417 e. The molecule has 1 aliphatic rings. The van der Waals surface area contributed by atoms with Gasteiger partial charge in [0.2, 0.25) is 0 Å². The van der Waals surface area contributed by atoms with Crippen LogP contribution < -0.4 is 5.73 Å². The molecule has 0 aliphatic carbocycles. The molecule has 2 N–H and O–H groups in total. The molecular formula is C12H13F3N4O. The number of hydrogen-bond acceptors (Lipinski definition) is 4. The van der Waals surface area contributed by atoms with E-state index in [9.17, 15) is 13.2 Å². The number of nitrogens with zero attached hydrogens (tertiary/aromatic N) is 3. The summed E-state index contributed by atoms with van der Waals surface area (Å²) in [4.78, 5) is 0. The number of halogens is 3. The van der Waals surface area contributed by atoms with Gasteiger partial charge in [-0.05, 0) is 25.0 Å². The number of pyridine rings is 1. The number of rotatable bonds is 2. The topological polar surface area (TPSA) is 65.4 Å². The average Bonchev–Trinajstić information content (AvgIpc) is 3.02. The van der Waals surface area contributed by atoms with Crippen molar-refractivity contribution >= 4 is 5.65 Å². The highest BCUT2D eigenvalue weighted by atomic mass is 19.4. The zero-order valence-electron chi connectivity index (χ0n) is 10.5. The van der Waals surface area contributed by atoms with Gasteiger partial charge in [0, 0.05) is 12.7 Å². The number of hydrogen-bond donors (Lipinski definition) is 1. The van der Waals surface area contributed by atoms with Gasteiger partial charge in [-0.3, -0.25) is 4.40 Å². The molecule has 20 heavy (non-hydrogen) atoms. The van der Waals surface area contributed by atoms with Crippen LogP contribution in [0.15, 0.2) is 18.3 Å². The van der Waals surface area contributed by atoms with E-state index in [1.807, 2.05) is 0 Å². The van der Waals surface area contributed by atoms with Gasteiger partial charge in [-0.15, -0.1) is 10.2 Å². The molecule has 5 nitrogen and oxygen atoms in total. The number of ether oxygens (including phenoxy) is 1. The summed E-state index contributed by atoms with van der Waals surface area (Å²) >= 11 is 0. The molecule has 0 amide bonds. The van der Waals surface area contributed by atoms with Gasteiger partial charge >= 0.3 is 6.18 Å². The molecule has 108 valence electrons. The molecule has 2 atom stereocenters. The Morgan fingerprint density at radius 3 is 2.75 bits per heavy atom. The van der Waals surface area contributed by atoms with E-state index in [-0.39, 0.29) is 12.2 Å². The molecule has 1 aliphatic heterocycles. The Balaban J connectivity index is 2.00. The highest BCUT2D eigenvalue weighted by Gasteiger charge is 2.33. The van der Waals surface area contributed by atoms with E-state index in [1.165, 1.54) is 10.5 Å². The van der Waals surface area contributed by atoms with Crippen molar-refractivity contribution in [1.82, 2.24) is 14.6 Å². The smallest absolute Gasteiger partial charge is 0.366 e. The summed E-state index contributed by atoms with van der Waals surface area (Å²) in [7, 11) is 0. The fraction of sp³-hybridized carbons (Fsp3) is 0.500. The van der Waals surface area contributed by atoms with Crippen molar-refractivity contribution in [2.45, 2.75) is 31.2 Å². The Hall–Kier alpha value is -1.67. The fourth-order valence-electron chi connectivity index (χ4n) is 2.36. The van der Waals surface area contributed by atoms with Crippen molar-refractivity contribution < 1.29 is 17.9 Å². The molecule has 0 saturated carbocycles. The maximum absolute atomic E-state index is 12.7. The molecular weight excluding hydrogens is 273 g/mol. The van der Waals surface area contributed by atoms with Gasteiger partial charge in [0.25, 0.3) is 0 Å². The van der Waals surface area contributed by atoms with E-state index in [4.69, 9.17) is 10.5 Å². The van der Waals surface area contributed by atoms with E-state index in [2.05, 4.69) is 10.2 Å². The molecule has 0 aromatic carbocycles. The third kappa shape index (κ3) is 2.25. The standard InChI is InChI=1S/C12H13F3N4O/c13-12(14,15)7-1-4-10-17-18-11(19(10)6-7)9-3-2-8(5-16)20-9/h1,4,6,8-9H,2-3,5,16H2. The highest BCUT2D eigenvalue weighted by Crippen LogP contribution is 2.33. The Labute approximate surface area is 112 Å². The summed E-state index contributed by atoms with van der Waals surface area (Å²) in [5.41, 5.74) is 5.16. The summed E-state index contributed by atoms with van der Waals surface area (Å²) in [6.45, 7) is 0.390. The Morgan fingerprint density at radius 1 is 1.30 bits per heavy atom. The van der Waals surface area contributed by atoms with Gasteiger partial charge in [0.05, 0.1) is 11.7 Å². The first-order valence-corrected chi connectivity index (χ1v) is 6.26. The minimum absolute atomic E-state index is 0.0712. The second-order valence-corrected chi connectivity index (χ2v) is 4.76. The van der Waals surface area contributed by atoms with Crippen LogP contribution in [0.5, 0.6) is 0 Å². The molecule has 0 spiro atoms. The zero-order valence-corrected chi connectivity index (χ0v) is 10.5. The van der Waals surface area contributed by atoms with Gasteiger partial charge in [0.15, 0.2) is 11.5 Å². The highest BCUT2D eigenvalue weighted by molar-refractivity contribution is 5.40. The molecule has 1 saturated heterocycles. The summed E-state index contributed by atoms with van der Waals surface area (Å²) in [6.07, 6.45) is -2.37. The molecule has 0 radical (unpaired) electrons. The first-order valence-electron chi connectivity index (χ1n) is 6.26. The molecule has 2 unspecified atom stereocenters. The van der Waals surface area contributed by atoms with Gasteiger partial charge < -0.3 is 10.5 Å². The monoisotopic (exact) mass is 286 g/mol. The molecule has 0 bridgehead atoms. The molecule has 3 heterocycles. The lowest BCUT2D eigenvalue weighted by Gasteiger charge is -2.12. The lowest BCUT2D eigenvalue weighted by atomic mass is 10.2. The summed E-state index contributed by atoms with van der Waals surface area (Å²) in [5, 5.41) is 7.82. The van der Waals surface area contributed by atoms with Crippen molar-refractivity contribution in [2.75, 3.05) is 6.54 Å². The van der Waals surface area contributed by atoms with Crippen LogP contribution in [0, 0.1) is 0 Å². The van der Waals surface area contributed by atoms with Crippen molar-refractivity contribution in [3.05, 3.63) is 29.7 Å². The first kappa shape index (κ1) is 13.3. The number of fused-ring (bicyclic) bond motifs is 1. The van der Waals surface area contributed by atoms with E-state index in [0.29, 0.717) is 24.4 Å². The van der Waals surface area contributed by atoms with Crippen LogP contribution in [-0.4, -0.2) is 27.2 Å². The van der Waals surface area contributed by atoms with Crippen molar-refractivity contribution in [3.63, 3.8) is 0 Å². The lowest BCUT2D eigenvalue weighted by Crippen LogP contribution is -2.19. The summed E-state index contributed by atoms with van der Waals surface area (Å²) in [6, 6.07) is 2.29. The van der Waals surface area contributed by atoms with E-state index >= 15 is 0 Å². The Bertz CT molecular complexity index is 625. The predicted octanol–water partition coefficient (Wildman–Crippen LogP) is 1.93. The van der Waals surface area contributed by atoms with Gasteiger partial charge in [-0.25, -0.2) is 0 Å². The lowest BCUT2D eigenvalue weighted by molar-refractivity contribution is -0.137. The zero-order chi connectivity index (χ0) is 14.3. The summed E-state index contributed by atoms with van der Waals surface area (Å²) < 4.78 is 45.2. The molecule has 3 rings (SSSR count). The minimum atomic E-state index is -4.40. The van der Waals surface area contributed by atoms with Crippen LogP contribution in [0.3, 0.4) is 0 Å². The van der Waals surface area contributed by atoms with Crippen molar-refractivity contribution in [3.8, 4) is 0 Å². The van der Waals surface area contributed by atoms with Crippen molar-refractivity contribution in [2.24, 2.45) is 5.73 Å². The van der Waals surface area contributed by atoms with Crippen LogP contribution >= 0.6 is 0 Å². The Morgan fingerprint density at radius 2 is 2.10 bits per heavy atom.